The number of pyridine rings is 1. The zero-order valence-corrected chi connectivity index (χ0v) is 19.3. The molecule has 0 radical (unpaired) electrons. The molecule has 1 aromatic heterocycles. The minimum Gasteiger partial charge on any atom is -0.494 e. The summed E-state index contributed by atoms with van der Waals surface area (Å²) in [4.78, 5) is 19.7. The largest absolute Gasteiger partial charge is 0.494 e. The molecule has 0 bridgehead atoms. The van der Waals surface area contributed by atoms with Gasteiger partial charge in [0.2, 0.25) is 5.91 Å². The van der Waals surface area contributed by atoms with Gasteiger partial charge in [-0.3, -0.25) is 9.69 Å². The van der Waals surface area contributed by atoms with Crippen LogP contribution in [0.1, 0.15) is 19.5 Å². The van der Waals surface area contributed by atoms with Gasteiger partial charge in [0.25, 0.3) is 0 Å². The summed E-state index contributed by atoms with van der Waals surface area (Å²) >= 11 is 0. The van der Waals surface area contributed by atoms with Gasteiger partial charge in [-0.1, -0.05) is 24.8 Å². The van der Waals surface area contributed by atoms with Crippen molar-refractivity contribution >= 4 is 22.5 Å². The number of rotatable bonds is 6. The predicted molar refractivity (Wildman–Crippen MR) is 126 cm³/mol. The van der Waals surface area contributed by atoms with E-state index in [4.69, 9.17) is 4.74 Å². The third kappa shape index (κ3) is 7.21. The maximum Gasteiger partial charge on any atom is 0.433 e. The molecule has 0 spiro atoms. The number of benzene rings is 1. The van der Waals surface area contributed by atoms with Gasteiger partial charge in [-0.05, 0) is 38.1 Å². The first kappa shape index (κ1) is 26.2. The summed E-state index contributed by atoms with van der Waals surface area (Å²) < 4.78 is 44.4. The number of carbonyl (C=O) groups is 1. The van der Waals surface area contributed by atoms with E-state index in [9.17, 15) is 18.0 Å². The van der Waals surface area contributed by atoms with E-state index in [1.54, 1.807) is 12.1 Å². The summed E-state index contributed by atoms with van der Waals surface area (Å²) in [5.74, 6) is 0.300. The Kier molecular flexibility index (Phi) is 9.28. The zero-order valence-electron chi connectivity index (χ0n) is 19.3. The highest BCUT2D eigenvalue weighted by atomic mass is 19.4. The highest BCUT2D eigenvalue weighted by Crippen LogP contribution is 2.36. The van der Waals surface area contributed by atoms with Crippen molar-refractivity contribution in [1.29, 1.82) is 0 Å². The second kappa shape index (κ2) is 11.7. The summed E-state index contributed by atoms with van der Waals surface area (Å²) in [6, 6.07) is 5.93. The average Bonchev–Trinajstić information content (AvgIpc) is 2.78. The molecule has 0 atom stereocenters. The first-order valence-electron chi connectivity index (χ1n) is 10.7. The smallest absolute Gasteiger partial charge is 0.433 e. The third-order valence-corrected chi connectivity index (χ3v) is 5.11. The standard InChI is InChI=1S/C19H23F3N4O2.C5H8/c1-3-23-17(27)12-25-8-10-26(11-9-25)14-5-6-15(28-2)18-13(14)4-7-16(24-18)19(20,21)22;1-4-5(2)3/h4-7H,3,8-12H2,1-2H3,(H,23,27);4H,1-2H2,3H3. The second-order valence-corrected chi connectivity index (χ2v) is 7.64. The molecular weight excluding hydrogens is 433 g/mol. The van der Waals surface area contributed by atoms with Crippen molar-refractivity contribution in [2.24, 2.45) is 0 Å². The number of ether oxygens (including phenoxy) is 1. The number of amides is 1. The molecule has 1 aromatic carbocycles. The van der Waals surface area contributed by atoms with Gasteiger partial charge in [-0.2, -0.15) is 13.2 Å². The van der Waals surface area contributed by atoms with Gasteiger partial charge < -0.3 is 15.0 Å². The van der Waals surface area contributed by atoms with Crippen molar-refractivity contribution in [2.45, 2.75) is 20.0 Å². The summed E-state index contributed by atoms with van der Waals surface area (Å²) in [6.07, 6.45) is -2.79. The number of methoxy groups -OCH3 is 1. The lowest BCUT2D eigenvalue weighted by atomic mass is 10.1. The van der Waals surface area contributed by atoms with E-state index in [0.717, 1.165) is 17.3 Å². The number of hydrogen-bond donors (Lipinski definition) is 1. The number of aromatic nitrogens is 1. The van der Waals surface area contributed by atoms with E-state index in [-0.39, 0.29) is 11.4 Å². The minimum absolute atomic E-state index is 0.00488. The molecule has 6 nitrogen and oxygen atoms in total. The van der Waals surface area contributed by atoms with E-state index in [2.05, 4.69) is 33.3 Å². The van der Waals surface area contributed by atoms with Crippen LogP contribution in [0.15, 0.2) is 49.1 Å². The van der Waals surface area contributed by atoms with Crippen LogP contribution in [-0.4, -0.2) is 62.2 Å². The fraction of sp³-hybridized carbons (Fsp3) is 0.417. The second-order valence-electron chi connectivity index (χ2n) is 7.64. The topological polar surface area (TPSA) is 57.7 Å². The molecule has 2 heterocycles. The Balaban J connectivity index is 0.000000696. The molecule has 0 aliphatic carbocycles. The van der Waals surface area contributed by atoms with Gasteiger partial charge in [0, 0.05) is 43.8 Å². The van der Waals surface area contributed by atoms with Crippen LogP contribution in [0.5, 0.6) is 5.75 Å². The van der Waals surface area contributed by atoms with Gasteiger partial charge in [0.1, 0.15) is 17.0 Å². The number of allylic oxidation sites excluding steroid dienone is 2. The molecule has 9 heteroatoms. The lowest BCUT2D eigenvalue weighted by Crippen LogP contribution is -2.49. The maximum absolute atomic E-state index is 13.1. The first-order chi connectivity index (χ1) is 15.6. The van der Waals surface area contributed by atoms with Crippen LogP contribution < -0.4 is 15.0 Å². The normalized spacial score (nSPS) is 14.3. The third-order valence-electron chi connectivity index (χ3n) is 5.11. The quantitative estimate of drug-likeness (QED) is 0.647. The van der Waals surface area contributed by atoms with Gasteiger partial charge in [-0.15, -0.1) is 0 Å². The van der Waals surface area contributed by atoms with Crippen molar-refractivity contribution in [3.63, 3.8) is 0 Å². The zero-order chi connectivity index (χ0) is 24.6. The van der Waals surface area contributed by atoms with Crippen molar-refractivity contribution in [1.82, 2.24) is 15.2 Å². The fourth-order valence-corrected chi connectivity index (χ4v) is 3.38. The molecule has 1 amide bonds. The van der Waals surface area contributed by atoms with Crippen LogP contribution in [0.3, 0.4) is 0 Å². The molecule has 1 N–H and O–H groups in total. The number of nitrogens with zero attached hydrogens (tertiary/aromatic N) is 3. The number of carbonyl (C=O) groups excluding carboxylic acids is 1. The van der Waals surface area contributed by atoms with Crippen LogP contribution in [-0.2, 0) is 11.0 Å². The minimum atomic E-state index is -4.51. The predicted octanol–water partition coefficient (Wildman–Crippen LogP) is 4.27. The molecule has 1 fully saturated rings. The molecular formula is C24H31F3N4O2. The van der Waals surface area contributed by atoms with E-state index < -0.39 is 11.9 Å². The molecule has 2 aromatic rings. The summed E-state index contributed by atoms with van der Waals surface area (Å²) in [6.45, 7) is 14.5. The summed E-state index contributed by atoms with van der Waals surface area (Å²) in [5, 5.41) is 3.40. The highest BCUT2D eigenvalue weighted by Gasteiger charge is 2.33. The van der Waals surface area contributed by atoms with Gasteiger partial charge in [0.05, 0.1) is 13.7 Å². The first-order valence-corrected chi connectivity index (χ1v) is 10.7. The summed E-state index contributed by atoms with van der Waals surface area (Å²) in [5.41, 5.74) is 1.08. The fourth-order valence-electron chi connectivity index (χ4n) is 3.38. The lowest BCUT2D eigenvalue weighted by molar-refractivity contribution is -0.141. The van der Waals surface area contributed by atoms with Crippen molar-refractivity contribution in [3.8, 4) is 5.75 Å². The van der Waals surface area contributed by atoms with E-state index in [1.807, 2.05) is 19.9 Å². The van der Waals surface area contributed by atoms with Crippen molar-refractivity contribution in [2.75, 3.05) is 51.3 Å². The molecule has 0 saturated carbocycles. The van der Waals surface area contributed by atoms with E-state index in [0.29, 0.717) is 50.4 Å². The van der Waals surface area contributed by atoms with Crippen LogP contribution in [0.2, 0.25) is 0 Å². The van der Waals surface area contributed by atoms with Crippen LogP contribution in [0.4, 0.5) is 18.9 Å². The van der Waals surface area contributed by atoms with Crippen molar-refractivity contribution in [3.05, 3.63) is 54.8 Å². The average molecular weight is 465 g/mol. The number of alkyl halides is 3. The number of anilines is 1. The Bertz CT molecular complexity index is 984. The Hall–Kier alpha value is -3.07. The van der Waals surface area contributed by atoms with E-state index >= 15 is 0 Å². The SMILES string of the molecule is C=CC(=C)C.CCNC(=O)CN1CCN(c2ccc(OC)c3nc(C(F)(F)F)ccc23)CC1. The number of piperazine rings is 1. The van der Waals surface area contributed by atoms with Crippen LogP contribution >= 0.6 is 0 Å². The number of nitrogens with one attached hydrogen (secondary N) is 1. The molecule has 1 aliphatic heterocycles. The van der Waals surface area contributed by atoms with Crippen molar-refractivity contribution < 1.29 is 22.7 Å². The van der Waals surface area contributed by atoms with Gasteiger partial charge in [0.15, 0.2) is 0 Å². The number of likely N-dealkylation sites (N-methyl/N-ethyl adjacent to an activating group) is 1. The molecule has 0 unspecified atom stereocenters. The molecule has 1 saturated heterocycles. The number of halogens is 3. The Morgan fingerprint density at radius 3 is 2.36 bits per heavy atom. The van der Waals surface area contributed by atoms with Gasteiger partial charge in [-0.25, -0.2) is 4.98 Å². The monoisotopic (exact) mass is 464 g/mol. The van der Waals surface area contributed by atoms with Crippen LogP contribution in [0, 0.1) is 0 Å². The summed E-state index contributed by atoms with van der Waals surface area (Å²) in [7, 11) is 1.41. The molecule has 33 heavy (non-hydrogen) atoms. The Morgan fingerprint density at radius 1 is 1.21 bits per heavy atom. The molecule has 180 valence electrons. The number of hydrogen-bond acceptors (Lipinski definition) is 5. The highest BCUT2D eigenvalue weighted by molar-refractivity contribution is 5.96. The van der Waals surface area contributed by atoms with Gasteiger partial charge >= 0.3 is 6.18 Å². The molecule has 3 rings (SSSR count). The lowest BCUT2D eigenvalue weighted by Gasteiger charge is -2.36. The number of fused-ring (bicyclic) bond motifs is 1. The van der Waals surface area contributed by atoms with Crippen LogP contribution in [0.25, 0.3) is 10.9 Å². The molecule has 1 aliphatic rings. The van der Waals surface area contributed by atoms with E-state index in [1.165, 1.54) is 13.2 Å². The Labute approximate surface area is 192 Å². The Morgan fingerprint density at radius 2 is 1.85 bits per heavy atom. The maximum atomic E-state index is 13.1.